The number of fused-ring (bicyclic) bond motifs is 2. The van der Waals surface area contributed by atoms with E-state index in [1.165, 1.54) is 11.1 Å². The lowest BCUT2D eigenvalue weighted by molar-refractivity contribution is -0.161. The molecule has 5 rings (SSSR count). The Hall–Kier alpha value is -2.38. The molecule has 1 aromatic heterocycles. The zero-order valence-electron chi connectivity index (χ0n) is 17.9. The van der Waals surface area contributed by atoms with Gasteiger partial charge in [-0.05, 0) is 61.1 Å². The van der Waals surface area contributed by atoms with Crippen LogP contribution in [-0.4, -0.2) is 43.0 Å². The molecule has 2 aliphatic rings. The Morgan fingerprint density at radius 3 is 2.97 bits per heavy atom. The number of carbonyl (C=O) groups is 1. The van der Waals surface area contributed by atoms with Crippen LogP contribution < -0.4 is 10.6 Å². The van der Waals surface area contributed by atoms with Crippen molar-refractivity contribution in [2.45, 2.75) is 44.1 Å². The van der Waals surface area contributed by atoms with Crippen LogP contribution in [0.25, 0.3) is 10.9 Å². The van der Waals surface area contributed by atoms with E-state index < -0.39 is 0 Å². The number of nitrogens with one attached hydrogen (secondary N) is 3. The van der Waals surface area contributed by atoms with Crippen molar-refractivity contribution in [3.63, 3.8) is 0 Å². The van der Waals surface area contributed by atoms with E-state index in [4.69, 9.17) is 21.1 Å². The van der Waals surface area contributed by atoms with Crippen molar-refractivity contribution in [3.8, 4) is 0 Å². The molecule has 3 atom stereocenters. The fourth-order valence-corrected chi connectivity index (χ4v) is 4.88. The molecule has 0 bridgehead atoms. The van der Waals surface area contributed by atoms with Gasteiger partial charge in [0, 0.05) is 29.1 Å². The zero-order valence-corrected chi connectivity index (χ0v) is 18.7. The van der Waals surface area contributed by atoms with E-state index in [1.807, 2.05) is 36.4 Å². The van der Waals surface area contributed by atoms with Crippen molar-refractivity contribution in [1.82, 2.24) is 15.6 Å². The molecule has 1 unspecified atom stereocenters. The molecule has 1 amide bonds. The molecule has 3 N–H and O–H groups in total. The number of H-pyrrole nitrogens is 1. The van der Waals surface area contributed by atoms with E-state index in [1.54, 1.807) is 0 Å². The average molecular weight is 454 g/mol. The number of aromatic nitrogens is 1. The van der Waals surface area contributed by atoms with Gasteiger partial charge in [0.2, 0.25) is 0 Å². The molecule has 1 aliphatic heterocycles. The summed E-state index contributed by atoms with van der Waals surface area (Å²) < 4.78 is 11.5. The van der Waals surface area contributed by atoms with Crippen molar-refractivity contribution >= 4 is 28.4 Å². The summed E-state index contributed by atoms with van der Waals surface area (Å²) in [6.45, 7) is 2.05. The molecule has 3 aromatic rings. The molecule has 168 valence electrons. The van der Waals surface area contributed by atoms with Gasteiger partial charge in [0.05, 0.1) is 18.7 Å². The molecule has 0 saturated carbocycles. The van der Waals surface area contributed by atoms with Crippen molar-refractivity contribution in [2.24, 2.45) is 0 Å². The van der Waals surface area contributed by atoms with E-state index >= 15 is 0 Å². The maximum absolute atomic E-state index is 13.0. The molecule has 1 saturated heterocycles. The van der Waals surface area contributed by atoms with Gasteiger partial charge in [0.1, 0.15) is 5.69 Å². The second-order valence-corrected chi connectivity index (χ2v) is 8.93. The summed E-state index contributed by atoms with van der Waals surface area (Å²) in [7, 11) is 0. The lowest BCUT2D eigenvalue weighted by Crippen LogP contribution is -2.43. The van der Waals surface area contributed by atoms with Crippen molar-refractivity contribution in [3.05, 3.63) is 70.4 Å². The van der Waals surface area contributed by atoms with Gasteiger partial charge < -0.3 is 25.1 Å². The Morgan fingerprint density at radius 2 is 2.09 bits per heavy atom. The number of aromatic amines is 1. The topological polar surface area (TPSA) is 75.4 Å². The first-order chi connectivity index (χ1) is 15.7. The Morgan fingerprint density at radius 1 is 1.19 bits per heavy atom. The van der Waals surface area contributed by atoms with Crippen LogP contribution in [0.5, 0.6) is 0 Å². The summed E-state index contributed by atoms with van der Waals surface area (Å²) in [5.41, 5.74) is 3.92. The standard InChI is InChI=1S/C25H28ClN3O3/c26-18-8-9-20-17(13-18)15-22(28-20)25(30)29-21-14-16-5-1-2-6-19(16)24(21)27-10-12-32-23-7-3-4-11-31-23/h1-2,5-6,8-9,13,15,21,23-24,27-28H,3-4,7,10-12,14H2,(H,29,30)/t21-,23?,24-/m1/s1. The van der Waals surface area contributed by atoms with Crippen LogP contribution in [0.2, 0.25) is 5.02 Å². The van der Waals surface area contributed by atoms with Gasteiger partial charge in [-0.25, -0.2) is 0 Å². The van der Waals surface area contributed by atoms with Gasteiger partial charge in [-0.1, -0.05) is 35.9 Å². The smallest absolute Gasteiger partial charge is 0.268 e. The van der Waals surface area contributed by atoms with E-state index in [2.05, 4.69) is 27.8 Å². The Bertz CT molecular complexity index is 1090. The van der Waals surface area contributed by atoms with Gasteiger partial charge in [-0.3, -0.25) is 4.79 Å². The van der Waals surface area contributed by atoms with Crippen molar-refractivity contribution < 1.29 is 14.3 Å². The molecule has 0 spiro atoms. The van der Waals surface area contributed by atoms with Crippen molar-refractivity contribution in [1.29, 1.82) is 0 Å². The third-order valence-corrected chi connectivity index (χ3v) is 6.52. The minimum atomic E-state index is -0.117. The summed E-state index contributed by atoms with van der Waals surface area (Å²) in [5, 5.41) is 8.40. The second kappa shape index (κ2) is 9.63. The average Bonchev–Trinajstić information content (AvgIpc) is 3.38. The highest BCUT2D eigenvalue weighted by molar-refractivity contribution is 6.31. The SMILES string of the molecule is O=C(N[C@@H]1Cc2ccccc2[C@H]1NCCOC1CCCCO1)c1cc2cc(Cl)ccc2[nH]1. The number of hydrogen-bond acceptors (Lipinski definition) is 4. The van der Waals surface area contributed by atoms with E-state index in [9.17, 15) is 4.79 Å². The third-order valence-electron chi connectivity index (χ3n) is 6.28. The van der Waals surface area contributed by atoms with Crippen molar-refractivity contribution in [2.75, 3.05) is 19.8 Å². The first-order valence-corrected chi connectivity index (χ1v) is 11.7. The Balaban J connectivity index is 1.24. The van der Waals surface area contributed by atoms with Gasteiger partial charge in [0.25, 0.3) is 5.91 Å². The van der Waals surface area contributed by atoms with Gasteiger partial charge in [-0.2, -0.15) is 0 Å². The number of hydrogen-bond donors (Lipinski definition) is 3. The van der Waals surface area contributed by atoms with E-state index in [-0.39, 0.29) is 24.3 Å². The van der Waals surface area contributed by atoms with Crippen LogP contribution in [-0.2, 0) is 15.9 Å². The number of ether oxygens (including phenoxy) is 2. The number of benzene rings is 2. The molecule has 2 heterocycles. The summed E-state index contributed by atoms with van der Waals surface area (Å²) in [6, 6.07) is 15.8. The minimum absolute atomic E-state index is 0.0323. The molecule has 1 aliphatic carbocycles. The van der Waals surface area contributed by atoms with Gasteiger partial charge in [-0.15, -0.1) is 0 Å². The maximum atomic E-state index is 13.0. The fourth-order valence-electron chi connectivity index (χ4n) is 4.70. The zero-order chi connectivity index (χ0) is 21.9. The Labute approximate surface area is 192 Å². The van der Waals surface area contributed by atoms with Crippen LogP contribution in [0.15, 0.2) is 48.5 Å². The van der Waals surface area contributed by atoms with Crippen LogP contribution in [0.1, 0.15) is 46.9 Å². The first kappa shape index (κ1) is 21.5. The molecule has 7 heteroatoms. The molecule has 0 radical (unpaired) electrons. The van der Waals surface area contributed by atoms with E-state index in [0.29, 0.717) is 23.9 Å². The monoisotopic (exact) mass is 453 g/mol. The quantitative estimate of drug-likeness (QED) is 0.465. The number of carbonyl (C=O) groups excluding carboxylic acids is 1. The highest BCUT2D eigenvalue weighted by atomic mass is 35.5. The van der Waals surface area contributed by atoms with Crippen LogP contribution in [0.3, 0.4) is 0 Å². The number of halogens is 1. The molecular weight excluding hydrogens is 426 g/mol. The van der Waals surface area contributed by atoms with Crippen LogP contribution in [0, 0.1) is 0 Å². The largest absolute Gasteiger partial charge is 0.353 e. The van der Waals surface area contributed by atoms with Crippen LogP contribution in [0.4, 0.5) is 0 Å². The number of rotatable bonds is 7. The summed E-state index contributed by atoms with van der Waals surface area (Å²) >= 11 is 6.08. The predicted octanol–water partition coefficient (Wildman–Crippen LogP) is 4.35. The van der Waals surface area contributed by atoms with Crippen LogP contribution >= 0.6 is 11.6 Å². The fraction of sp³-hybridized carbons (Fsp3) is 0.400. The second-order valence-electron chi connectivity index (χ2n) is 8.50. The predicted molar refractivity (Wildman–Crippen MR) is 125 cm³/mol. The highest BCUT2D eigenvalue weighted by Gasteiger charge is 2.33. The van der Waals surface area contributed by atoms with Gasteiger partial charge in [0.15, 0.2) is 6.29 Å². The summed E-state index contributed by atoms with van der Waals surface area (Å²) in [5.74, 6) is -0.117. The lowest BCUT2D eigenvalue weighted by Gasteiger charge is -2.25. The van der Waals surface area contributed by atoms with E-state index in [0.717, 1.165) is 43.2 Å². The minimum Gasteiger partial charge on any atom is -0.353 e. The molecular formula is C25H28ClN3O3. The first-order valence-electron chi connectivity index (χ1n) is 11.3. The number of amides is 1. The maximum Gasteiger partial charge on any atom is 0.268 e. The molecule has 1 fully saturated rings. The summed E-state index contributed by atoms with van der Waals surface area (Å²) in [6.07, 6.45) is 3.93. The molecule has 2 aromatic carbocycles. The summed E-state index contributed by atoms with van der Waals surface area (Å²) in [4.78, 5) is 16.2. The normalized spacial score (nSPS) is 22.7. The highest BCUT2D eigenvalue weighted by Crippen LogP contribution is 2.31. The third kappa shape index (κ3) is 4.69. The molecule has 6 nitrogen and oxygen atoms in total. The molecule has 32 heavy (non-hydrogen) atoms. The van der Waals surface area contributed by atoms with Gasteiger partial charge >= 0.3 is 0 Å². The Kier molecular flexibility index (Phi) is 6.46. The lowest BCUT2D eigenvalue weighted by atomic mass is 10.1.